The summed E-state index contributed by atoms with van der Waals surface area (Å²) in [6.07, 6.45) is 60.8. The molecule has 0 bridgehead atoms. The highest BCUT2D eigenvalue weighted by atomic mass is 16.7. The van der Waals surface area contributed by atoms with Crippen LogP contribution in [0.15, 0.2) is 36.5 Å². The molecule has 7 atom stereocenters. The molecule has 1 amide bonds. The van der Waals surface area contributed by atoms with Gasteiger partial charge in [0, 0.05) is 6.42 Å². The van der Waals surface area contributed by atoms with Crippen LogP contribution in [0.3, 0.4) is 0 Å². The van der Waals surface area contributed by atoms with Crippen LogP contribution in [-0.4, -0.2) is 87.5 Å². The largest absolute Gasteiger partial charge is 0.394 e. The van der Waals surface area contributed by atoms with E-state index in [1.807, 2.05) is 6.08 Å². The Balaban J connectivity index is 2.17. The molecule has 1 heterocycles. The van der Waals surface area contributed by atoms with E-state index >= 15 is 0 Å². The molecule has 0 aromatic rings. The smallest absolute Gasteiger partial charge is 0.220 e. The van der Waals surface area contributed by atoms with Crippen molar-refractivity contribution in [2.24, 2.45) is 0 Å². The minimum Gasteiger partial charge on any atom is -0.394 e. The molecular formula is C62H117NO8. The maximum absolute atomic E-state index is 13.1. The first-order chi connectivity index (χ1) is 34.8. The number of nitrogens with one attached hydrogen (secondary N) is 1. The summed E-state index contributed by atoms with van der Waals surface area (Å²) in [6, 6.07) is -0.810. The van der Waals surface area contributed by atoms with Crippen LogP contribution in [0.25, 0.3) is 0 Å². The molecule has 1 aliphatic heterocycles. The fourth-order valence-electron chi connectivity index (χ4n) is 9.84. The van der Waals surface area contributed by atoms with Crippen molar-refractivity contribution in [3.05, 3.63) is 36.5 Å². The van der Waals surface area contributed by atoms with E-state index in [1.165, 1.54) is 218 Å². The maximum Gasteiger partial charge on any atom is 0.220 e. The number of unbranched alkanes of at least 4 members (excludes halogenated alkanes) is 39. The SMILES string of the molecule is CCCCCC/C=C\C/C=C\CCCCCCCCCC(=O)NC(COC1OC(CO)C(O)C(O)C1O)C(O)/C=C/CCCCCCCCCCCCCCCCCCCCCCCCCCCCCC. The van der Waals surface area contributed by atoms with Gasteiger partial charge in [0.15, 0.2) is 6.29 Å². The Labute approximate surface area is 438 Å². The average Bonchev–Trinajstić information content (AvgIpc) is 3.37. The van der Waals surface area contributed by atoms with Gasteiger partial charge in [-0.3, -0.25) is 4.79 Å². The number of rotatable bonds is 53. The van der Waals surface area contributed by atoms with Gasteiger partial charge in [0.2, 0.25) is 5.91 Å². The summed E-state index contributed by atoms with van der Waals surface area (Å²) in [7, 11) is 0. The third-order valence-electron chi connectivity index (χ3n) is 14.7. The van der Waals surface area contributed by atoms with Crippen LogP contribution in [0, 0.1) is 0 Å². The number of amides is 1. The molecule has 0 spiro atoms. The zero-order valence-corrected chi connectivity index (χ0v) is 46.5. The molecule has 0 saturated carbocycles. The molecule has 9 heteroatoms. The molecule has 1 saturated heterocycles. The van der Waals surface area contributed by atoms with Crippen molar-refractivity contribution in [2.45, 2.75) is 339 Å². The maximum atomic E-state index is 13.1. The summed E-state index contributed by atoms with van der Waals surface area (Å²) in [5, 5.41) is 54.6. The molecule has 7 unspecified atom stereocenters. The molecule has 1 fully saturated rings. The van der Waals surface area contributed by atoms with Gasteiger partial charge in [-0.2, -0.15) is 0 Å². The summed E-state index contributed by atoms with van der Waals surface area (Å²) < 4.78 is 11.3. The van der Waals surface area contributed by atoms with Crippen molar-refractivity contribution in [1.29, 1.82) is 0 Å². The van der Waals surface area contributed by atoms with Crippen LogP contribution in [0.2, 0.25) is 0 Å². The number of aliphatic hydroxyl groups is 5. The van der Waals surface area contributed by atoms with Crippen LogP contribution < -0.4 is 5.32 Å². The predicted octanol–water partition coefficient (Wildman–Crippen LogP) is 15.5. The van der Waals surface area contributed by atoms with E-state index < -0.39 is 49.5 Å². The molecule has 6 N–H and O–H groups in total. The number of hydrogen-bond acceptors (Lipinski definition) is 8. The first-order valence-corrected chi connectivity index (χ1v) is 30.7. The number of allylic oxidation sites excluding steroid dienone is 5. The quantitative estimate of drug-likeness (QED) is 0.0261. The number of hydrogen-bond donors (Lipinski definition) is 6. The van der Waals surface area contributed by atoms with Gasteiger partial charge in [-0.1, -0.05) is 275 Å². The van der Waals surface area contributed by atoms with Crippen LogP contribution in [0.5, 0.6) is 0 Å². The highest BCUT2D eigenvalue weighted by Crippen LogP contribution is 2.23. The highest BCUT2D eigenvalue weighted by Gasteiger charge is 2.44. The second-order valence-electron chi connectivity index (χ2n) is 21.5. The van der Waals surface area contributed by atoms with Crippen molar-refractivity contribution in [3.63, 3.8) is 0 Å². The lowest BCUT2D eigenvalue weighted by Crippen LogP contribution is -2.60. The molecule has 0 aromatic carbocycles. The normalized spacial score (nSPS) is 19.5. The Bertz CT molecular complexity index is 1210. The number of carbonyl (C=O) groups is 1. The van der Waals surface area contributed by atoms with E-state index in [0.29, 0.717) is 6.42 Å². The zero-order valence-electron chi connectivity index (χ0n) is 46.5. The molecule has 0 radical (unpaired) electrons. The molecular weight excluding hydrogens is 887 g/mol. The number of ether oxygens (including phenoxy) is 2. The second-order valence-corrected chi connectivity index (χ2v) is 21.5. The predicted molar refractivity (Wildman–Crippen MR) is 300 cm³/mol. The molecule has 9 nitrogen and oxygen atoms in total. The lowest BCUT2D eigenvalue weighted by molar-refractivity contribution is -0.302. The van der Waals surface area contributed by atoms with Crippen LogP contribution >= 0.6 is 0 Å². The van der Waals surface area contributed by atoms with E-state index in [9.17, 15) is 30.3 Å². The highest BCUT2D eigenvalue weighted by molar-refractivity contribution is 5.76. The topological polar surface area (TPSA) is 149 Å². The van der Waals surface area contributed by atoms with Gasteiger partial charge >= 0.3 is 0 Å². The summed E-state index contributed by atoms with van der Waals surface area (Å²) in [6.45, 7) is 3.79. The monoisotopic (exact) mass is 1000 g/mol. The molecule has 71 heavy (non-hydrogen) atoms. The van der Waals surface area contributed by atoms with E-state index in [4.69, 9.17) is 9.47 Å². The van der Waals surface area contributed by atoms with Crippen molar-refractivity contribution in [1.82, 2.24) is 5.32 Å². The van der Waals surface area contributed by atoms with Gasteiger partial charge in [-0.15, -0.1) is 0 Å². The summed E-state index contributed by atoms with van der Waals surface area (Å²) in [4.78, 5) is 13.1. The summed E-state index contributed by atoms with van der Waals surface area (Å²) in [5.74, 6) is -0.182. The third-order valence-corrected chi connectivity index (χ3v) is 14.7. The summed E-state index contributed by atoms with van der Waals surface area (Å²) in [5.41, 5.74) is 0. The van der Waals surface area contributed by atoms with E-state index in [0.717, 1.165) is 57.8 Å². The number of carbonyl (C=O) groups excluding carboxylic acids is 1. The Hall–Kier alpha value is -1.59. The van der Waals surface area contributed by atoms with E-state index in [2.05, 4.69) is 43.5 Å². The molecule has 0 aliphatic carbocycles. The fourth-order valence-corrected chi connectivity index (χ4v) is 9.84. The Morgan fingerprint density at radius 3 is 1.23 bits per heavy atom. The van der Waals surface area contributed by atoms with Crippen molar-refractivity contribution in [2.75, 3.05) is 13.2 Å². The standard InChI is InChI=1S/C62H117NO8/c1-3-5-7-9-11-13-15-17-19-21-23-24-25-26-27-28-29-30-31-32-33-34-35-37-39-41-43-45-47-49-51-56(65)55(54-70-62-61(69)60(68)59(67)57(53-64)71-62)63-58(66)52-50-48-46-44-42-40-38-36-22-20-18-16-14-12-10-8-6-4-2/h14,16,20,22,49,51,55-57,59-62,64-65,67-69H,3-13,15,17-19,21,23-48,50,52-54H2,1-2H3,(H,63,66)/b16-14-,22-20-,51-49+. The minimum absolute atomic E-state index is 0.182. The lowest BCUT2D eigenvalue weighted by Gasteiger charge is -2.40. The zero-order chi connectivity index (χ0) is 51.5. The van der Waals surface area contributed by atoms with Gasteiger partial charge in [-0.05, 0) is 51.4 Å². The molecule has 1 rings (SSSR count). The third kappa shape index (κ3) is 41.4. The Morgan fingerprint density at radius 1 is 0.479 bits per heavy atom. The van der Waals surface area contributed by atoms with Crippen LogP contribution in [0.4, 0.5) is 0 Å². The van der Waals surface area contributed by atoms with Crippen molar-refractivity contribution in [3.8, 4) is 0 Å². The molecule has 0 aromatic heterocycles. The van der Waals surface area contributed by atoms with Gasteiger partial charge < -0.3 is 40.3 Å². The second kappa shape index (κ2) is 51.9. The molecule has 1 aliphatic rings. The van der Waals surface area contributed by atoms with E-state index in [1.54, 1.807) is 6.08 Å². The van der Waals surface area contributed by atoms with Gasteiger partial charge in [0.05, 0.1) is 25.4 Å². The minimum atomic E-state index is -1.57. The number of aliphatic hydroxyl groups excluding tert-OH is 5. The Kier molecular flexibility index (Phi) is 49.3. The van der Waals surface area contributed by atoms with Gasteiger partial charge in [0.1, 0.15) is 24.4 Å². The van der Waals surface area contributed by atoms with E-state index in [-0.39, 0.29) is 12.5 Å². The fraction of sp³-hybridized carbons (Fsp3) is 0.887. The van der Waals surface area contributed by atoms with Gasteiger partial charge in [0.25, 0.3) is 0 Å². The Morgan fingerprint density at radius 2 is 0.831 bits per heavy atom. The average molecular weight is 1000 g/mol. The molecule has 418 valence electrons. The summed E-state index contributed by atoms with van der Waals surface area (Å²) >= 11 is 0. The van der Waals surface area contributed by atoms with Crippen molar-refractivity contribution < 1.29 is 39.8 Å². The first kappa shape index (κ1) is 67.4. The van der Waals surface area contributed by atoms with Crippen molar-refractivity contribution >= 4 is 5.91 Å². The van der Waals surface area contributed by atoms with Gasteiger partial charge in [-0.25, -0.2) is 0 Å². The lowest BCUT2D eigenvalue weighted by atomic mass is 9.99. The first-order valence-electron chi connectivity index (χ1n) is 30.7. The van der Waals surface area contributed by atoms with Crippen LogP contribution in [0.1, 0.15) is 296 Å². The van der Waals surface area contributed by atoms with Crippen LogP contribution in [-0.2, 0) is 14.3 Å².